The summed E-state index contributed by atoms with van der Waals surface area (Å²) in [7, 11) is 0. The van der Waals surface area contributed by atoms with E-state index in [4.69, 9.17) is 4.74 Å². The van der Waals surface area contributed by atoms with Crippen LogP contribution < -0.4 is 10.9 Å². The molecule has 0 saturated carbocycles. The SMILES string of the molecule is O=c1ccnc(SCC2CNCCO2)[nH]1. The minimum absolute atomic E-state index is 0.116. The normalized spacial score (nSPS) is 21.5. The molecule has 1 aliphatic heterocycles. The molecule has 0 aliphatic carbocycles. The van der Waals surface area contributed by atoms with Crippen LogP contribution in [0.5, 0.6) is 0 Å². The summed E-state index contributed by atoms with van der Waals surface area (Å²) in [4.78, 5) is 17.7. The topological polar surface area (TPSA) is 67.0 Å². The lowest BCUT2D eigenvalue weighted by atomic mass is 10.3. The Kier molecular flexibility index (Phi) is 3.76. The van der Waals surface area contributed by atoms with Crippen molar-refractivity contribution in [2.24, 2.45) is 0 Å². The second-order valence-electron chi connectivity index (χ2n) is 3.25. The summed E-state index contributed by atoms with van der Waals surface area (Å²) in [5.74, 6) is 0.806. The van der Waals surface area contributed by atoms with E-state index in [-0.39, 0.29) is 11.7 Å². The van der Waals surface area contributed by atoms with Crippen LogP contribution in [0.25, 0.3) is 0 Å². The van der Waals surface area contributed by atoms with Crippen LogP contribution in [0.3, 0.4) is 0 Å². The van der Waals surface area contributed by atoms with Crippen molar-refractivity contribution < 1.29 is 4.74 Å². The molecule has 1 aromatic heterocycles. The number of aromatic nitrogens is 2. The molecule has 1 aliphatic rings. The van der Waals surface area contributed by atoms with E-state index in [2.05, 4.69) is 15.3 Å². The highest BCUT2D eigenvalue weighted by atomic mass is 32.2. The summed E-state index contributed by atoms with van der Waals surface area (Å²) in [5, 5.41) is 3.90. The van der Waals surface area contributed by atoms with Crippen LogP contribution in [-0.2, 0) is 4.74 Å². The first-order valence-corrected chi connectivity index (χ1v) is 5.83. The monoisotopic (exact) mass is 227 g/mol. The van der Waals surface area contributed by atoms with Gasteiger partial charge < -0.3 is 15.0 Å². The maximum atomic E-state index is 11.0. The molecule has 1 fully saturated rings. The van der Waals surface area contributed by atoms with Gasteiger partial charge in [-0.15, -0.1) is 0 Å². The predicted octanol–water partition coefficient (Wildman–Crippen LogP) is -0.150. The molecule has 0 amide bonds. The zero-order valence-corrected chi connectivity index (χ0v) is 9.05. The number of hydrogen-bond acceptors (Lipinski definition) is 5. The molecule has 1 aromatic rings. The van der Waals surface area contributed by atoms with Gasteiger partial charge in [0.2, 0.25) is 0 Å². The van der Waals surface area contributed by atoms with Crippen LogP contribution in [-0.4, -0.2) is 41.5 Å². The second kappa shape index (κ2) is 5.29. The Morgan fingerprint density at radius 2 is 2.60 bits per heavy atom. The standard InChI is InChI=1S/C9H13N3O2S/c13-8-1-2-11-9(12-8)15-6-7-5-10-3-4-14-7/h1-2,7,10H,3-6H2,(H,11,12,13). The van der Waals surface area contributed by atoms with Crippen molar-refractivity contribution in [1.82, 2.24) is 15.3 Å². The van der Waals surface area contributed by atoms with Gasteiger partial charge >= 0.3 is 0 Å². The lowest BCUT2D eigenvalue weighted by Gasteiger charge is -2.22. The van der Waals surface area contributed by atoms with Gasteiger partial charge in [-0.2, -0.15) is 0 Å². The Balaban J connectivity index is 1.84. The van der Waals surface area contributed by atoms with Crippen LogP contribution in [0, 0.1) is 0 Å². The van der Waals surface area contributed by atoms with Crippen molar-refractivity contribution >= 4 is 11.8 Å². The maximum absolute atomic E-state index is 11.0. The number of nitrogens with zero attached hydrogens (tertiary/aromatic N) is 1. The summed E-state index contributed by atoms with van der Waals surface area (Å²) in [6.07, 6.45) is 1.72. The molecule has 1 unspecified atom stereocenters. The number of H-pyrrole nitrogens is 1. The summed E-state index contributed by atoms with van der Waals surface area (Å²) < 4.78 is 5.53. The molecule has 5 nitrogen and oxygen atoms in total. The molecular weight excluding hydrogens is 214 g/mol. The summed E-state index contributed by atoms with van der Waals surface area (Å²) >= 11 is 1.51. The lowest BCUT2D eigenvalue weighted by Crippen LogP contribution is -2.39. The molecule has 0 radical (unpaired) electrons. The fourth-order valence-electron chi connectivity index (χ4n) is 1.32. The van der Waals surface area contributed by atoms with Crippen LogP contribution in [0.15, 0.2) is 22.2 Å². The third-order valence-corrected chi connectivity index (χ3v) is 3.08. The number of ether oxygens (including phenoxy) is 1. The number of nitrogens with one attached hydrogen (secondary N) is 2. The predicted molar refractivity (Wildman–Crippen MR) is 58.2 cm³/mol. The van der Waals surface area contributed by atoms with Crippen molar-refractivity contribution in [3.63, 3.8) is 0 Å². The van der Waals surface area contributed by atoms with E-state index < -0.39 is 0 Å². The fraction of sp³-hybridized carbons (Fsp3) is 0.556. The number of thioether (sulfide) groups is 1. The van der Waals surface area contributed by atoms with Gasteiger partial charge in [0.05, 0.1) is 12.7 Å². The molecule has 2 heterocycles. The fourth-order valence-corrected chi connectivity index (χ4v) is 2.19. The van der Waals surface area contributed by atoms with Gasteiger partial charge in [0.1, 0.15) is 0 Å². The van der Waals surface area contributed by atoms with Gasteiger partial charge in [-0.3, -0.25) is 4.79 Å². The molecular formula is C9H13N3O2S. The molecule has 82 valence electrons. The van der Waals surface area contributed by atoms with Gasteiger partial charge in [-0.05, 0) is 0 Å². The third kappa shape index (κ3) is 3.33. The van der Waals surface area contributed by atoms with E-state index in [0.717, 1.165) is 25.4 Å². The smallest absolute Gasteiger partial charge is 0.251 e. The minimum atomic E-state index is -0.116. The van der Waals surface area contributed by atoms with Gasteiger partial charge in [0.15, 0.2) is 5.16 Å². The zero-order valence-electron chi connectivity index (χ0n) is 8.23. The molecule has 2 N–H and O–H groups in total. The Labute approximate surface area is 91.6 Å². The van der Waals surface area contributed by atoms with Crippen molar-refractivity contribution in [2.75, 3.05) is 25.4 Å². The van der Waals surface area contributed by atoms with Gasteiger partial charge in [-0.1, -0.05) is 11.8 Å². The van der Waals surface area contributed by atoms with Gasteiger partial charge in [0.25, 0.3) is 5.56 Å². The highest BCUT2D eigenvalue weighted by Crippen LogP contribution is 2.13. The highest BCUT2D eigenvalue weighted by molar-refractivity contribution is 7.99. The number of rotatable bonds is 3. The van der Waals surface area contributed by atoms with E-state index in [9.17, 15) is 4.79 Å². The lowest BCUT2D eigenvalue weighted by molar-refractivity contribution is 0.0440. The number of hydrogen-bond donors (Lipinski definition) is 2. The maximum Gasteiger partial charge on any atom is 0.251 e. The average molecular weight is 227 g/mol. The first-order chi connectivity index (χ1) is 7.34. The first kappa shape index (κ1) is 10.7. The van der Waals surface area contributed by atoms with Crippen molar-refractivity contribution in [1.29, 1.82) is 0 Å². The van der Waals surface area contributed by atoms with Gasteiger partial charge in [-0.25, -0.2) is 4.98 Å². The summed E-state index contributed by atoms with van der Waals surface area (Å²) in [6.45, 7) is 2.54. The van der Waals surface area contributed by atoms with Crippen LogP contribution >= 0.6 is 11.8 Å². The molecule has 1 saturated heterocycles. The molecule has 0 aromatic carbocycles. The van der Waals surface area contributed by atoms with E-state index >= 15 is 0 Å². The highest BCUT2D eigenvalue weighted by Gasteiger charge is 2.13. The van der Waals surface area contributed by atoms with E-state index in [1.54, 1.807) is 0 Å². The number of morpholine rings is 1. The van der Waals surface area contributed by atoms with Crippen molar-refractivity contribution in [2.45, 2.75) is 11.3 Å². The minimum Gasteiger partial charge on any atom is -0.375 e. The van der Waals surface area contributed by atoms with Crippen molar-refractivity contribution in [3.8, 4) is 0 Å². The van der Waals surface area contributed by atoms with Crippen molar-refractivity contribution in [3.05, 3.63) is 22.6 Å². The van der Waals surface area contributed by atoms with E-state index in [1.807, 2.05) is 0 Å². The Morgan fingerprint density at radius 1 is 1.67 bits per heavy atom. The Hall–Kier alpha value is -0.850. The van der Waals surface area contributed by atoms with Crippen LogP contribution in [0.4, 0.5) is 0 Å². The van der Waals surface area contributed by atoms with Gasteiger partial charge in [0, 0.05) is 31.1 Å². The average Bonchev–Trinajstić information content (AvgIpc) is 2.28. The molecule has 0 spiro atoms. The largest absolute Gasteiger partial charge is 0.375 e. The number of aromatic amines is 1. The van der Waals surface area contributed by atoms with E-state index in [1.165, 1.54) is 24.0 Å². The van der Waals surface area contributed by atoms with E-state index in [0.29, 0.717) is 5.16 Å². The molecule has 6 heteroatoms. The summed E-state index contributed by atoms with van der Waals surface area (Å²) in [5.41, 5.74) is -0.116. The second-order valence-corrected chi connectivity index (χ2v) is 4.26. The van der Waals surface area contributed by atoms with Crippen LogP contribution in [0.2, 0.25) is 0 Å². The molecule has 2 rings (SSSR count). The molecule has 1 atom stereocenters. The molecule has 0 bridgehead atoms. The van der Waals surface area contributed by atoms with Crippen LogP contribution in [0.1, 0.15) is 0 Å². The Bertz CT molecular complexity index is 362. The zero-order chi connectivity index (χ0) is 10.5. The Morgan fingerprint density at radius 3 is 3.33 bits per heavy atom. The quantitative estimate of drug-likeness (QED) is 0.555. The molecule has 15 heavy (non-hydrogen) atoms. The third-order valence-electron chi connectivity index (χ3n) is 2.06. The summed E-state index contributed by atoms with van der Waals surface area (Å²) in [6, 6.07) is 1.41. The first-order valence-electron chi connectivity index (χ1n) is 4.85.